The van der Waals surface area contributed by atoms with Crippen molar-refractivity contribution in [1.29, 1.82) is 0 Å². The second-order valence-corrected chi connectivity index (χ2v) is 7.51. The molecule has 4 heterocycles. The predicted molar refractivity (Wildman–Crippen MR) is 119 cm³/mol. The third-order valence-electron chi connectivity index (χ3n) is 5.07. The number of aromatic amines is 1. The van der Waals surface area contributed by atoms with Gasteiger partial charge in [-0.2, -0.15) is 0 Å². The Morgan fingerprint density at radius 2 is 1.83 bits per heavy atom. The van der Waals surface area contributed by atoms with Gasteiger partial charge in [0, 0.05) is 23.5 Å². The van der Waals surface area contributed by atoms with Gasteiger partial charge in [0.1, 0.15) is 28.8 Å². The van der Waals surface area contributed by atoms with E-state index < -0.39 is 0 Å². The molecular weight excluding hydrogens is 398 g/mol. The number of H-pyrrole nitrogens is 1. The summed E-state index contributed by atoms with van der Waals surface area (Å²) in [6, 6.07) is 9.81. The van der Waals surface area contributed by atoms with E-state index in [9.17, 15) is 0 Å². The van der Waals surface area contributed by atoms with E-state index >= 15 is 0 Å². The SMILES string of the molecule is COc1cc(-c2nc3c([nH]2)-c2ccncc2Nc2ncccc2-3)c(OC)cc1SC. The minimum atomic E-state index is 0.697. The molecule has 0 amide bonds. The van der Waals surface area contributed by atoms with Crippen LogP contribution in [0.1, 0.15) is 0 Å². The van der Waals surface area contributed by atoms with Crippen LogP contribution in [0.3, 0.4) is 0 Å². The second kappa shape index (κ2) is 7.38. The van der Waals surface area contributed by atoms with Crippen LogP contribution >= 0.6 is 11.8 Å². The number of hydrogen-bond acceptors (Lipinski definition) is 7. The van der Waals surface area contributed by atoms with Crippen LogP contribution in [0.4, 0.5) is 11.5 Å². The molecule has 1 aromatic carbocycles. The number of pyridine rings is 2. The van der Waals surface area contributed by atoms with Crippen molar-refractivity contribution in [2.75, 3.05) is 25.8 Å². The molecule has 0 aliphatic carbocycles. The number of methoxy groups -OCH3 is 2. The molecule has 0 spiro atoms. The fourth-order valence-electron chi connectivity index (χ4n) is 3.64. The molecule has 150 valence electrons. The standard InChI is InChI=1S/C22H19N5O2S/c1-28-16-10-18(30-3)17(29-2)9-14(16)22-26-19-12-6-8-23-11-15(12)25-21-13(20(19)27-22)5-4-7-24-21/h4-11H,1-3H3,(H,24,25)(H,26,27). The molecule has 7 nitrogen and oxygen atoms in total. The molecule has 0 saturated heterocycles. The molecule has 1 aliphatic rings. The summed E-state index contributed by atoms with van der Waals surface area (Å²) in [5.74, 6) is 2.94. The van der Waals surface area contributed by atoms with Crippen LogP contribution in [0, 0.1) is 0 Å². The average molecular weight is 417 g/mol. The van der Waals surface area contributed by atoms with E-state index in [4.69, 9.17) is 14.5 Å². The molecule has 0 bridgehead atoms. The van der Waals surface area contributed by atoms with E-state index in [1.165, 1.54) is 0 Å². The summed E-state index contributed by atoms with van der Waals surface area (Å²) in [6.45, 7) is 0. The number of hydrogen-bond donors (Lipinski definition) is 2. The molecule has 0 saturated carbocycles. The van der Waals surface area contributed by atoms with Crippen molar-refractivity contribution >= 4 is 23.3 Å². The quantitative estimate of drug-likeness (QED) is 0.398. The number of ether oxygens (including phenoxy) is 2. The molecule has 0 fully saturated rings. The maximum Gasteiger partial charge on any atom is 0.142 e. The maximum atomic E-state index is 5.67. The van der Waals surface area contributed by atoms with Gasteiger partial charge < -0.3 is 19.8 Å². The van der Waals surface area contributed by atoms with Crippen molar-refractivity contribution in [3.05, 3.63) is 48.9 Å². The van der Waals surface area contributed by atoms with E-state index in [0.29, 0.717) is 5.82 Å². The lowest BCUT2D eigenvalue weighted by molar-refractivity contribution is 0.395. The fourth-order valence-corrected chi connectivity index (χ4v) is 4.21. The first kappa shape index (κ1) is 18.5. The van der Waals surface area contributed by atoms with Gasteiger partial charge in [0.2, 0.25) is 0 Å². The lowest BCUT2D eigenvalue weighted by Crippen LogP contribution is -1.96. The van der Waals surface area contributed by atoms with Crippen LogP contribution < -0.4 is 14.8 Å². The Morgan fingerprint density at radius 3 is 2.63 bits per heavy atom. The number of thioether (sulfide) groups is 1. The van der Waals surface area contributed by atoms with Crippen molar-refractivity contribution in [3.8, 4) is 45.4 Å². The van der Waals surface area contributed by atoms with Gasteiger partial charge in [-0.05, 0) is 36.6 Å². The van der Waals surface area contributed by atoms with Crippen molar-refractivity contribution in [2.24, 2.45) is 0 Å². The minimum Gasteiger partial charge on any atom is -0.496 e. The first-order valence-corrected chi connectivity index (χ1v) is 10.5. The highest BCUT2D eigenvalue weighted by Gasteiger charge is 2.25. The first-order chi connectivity index (χ1) is 14.7. The Morgan fingerprint density at radius 1 is 0.967 bits per heavy atom. The Labute approximate surface area is 177 Å². The second-order valence-electron chi connectivity index (χ2n) is 6.66. The van der Waals surface area contributed by atoms with E-state index in [2.05, 4.69) is 20.3 Å². The van der Waals surface area contributed by atoms with Crippen LogP contribution in [-0.2, 0) is 0 Å². The van der Waals surface area contributed by atoms with Crippen LogP contribution in [0.5, 0.6) is 11.5 Å². The Balaban J connectivity index is 1.77. The summed E-state index contributed by atoms with van der Waals surface area (Å²) in [4.78, 5) is 18.2. The molecule has 8 heteroatoms. The zero-order valence-electron chi connectivity index (χ0n) is 16.7. The van der Waals surface area contributed by atoms with E-state index in [1.807, 2.05) is 36.6 Å². The molecule has 0 radical (unpaired) electrons. The van der Waals surface area contributed by atoms with Gasteiger partial charge in [-0.15, -0.1) is 11.8 Å². The summed E-state index contributed by atoms with van der Waals surface area (Å²) >= 11 is 1.61. The van der Waals surface area contributed by atoms with Crippen molar-refractivity contribution in [1.82, 2.24) is 19.9 Å². The van der Waals surface area contributed by atoms with E-state index in [0.717, 1.165) is 56.0 Å². The Kier molecular flexibility index (Phi) is 4.55. The normalized spacial score (nSPS) is 11.6. The monoisotopic (exact) mass is 417 g/mol. The zero-order chi connectivity index (χ0) is 20.7. The highest BCUT2D eigenvalue weighted by atomic mass is 32.2. The molecule has 30 heavy (non-hydrogen) atoms. The topological polar surface area (TPSA) is 85.0 Å². The number of benzene rings is 1. The fraction of sp³-hybridized carbons (Fsp3) is 0.136. The lowest BCUT2D eigenvalue weighted by atomic mass is 10.1. The predicted octanol–water partition coefficient (Wildman–Crippen LogP) is 5.00. The summed E-state index contributed by atoms with van der Waals surface area (Å²) in [5.41, 5.74) is 5.31. The smallest absolute Gasteiger partial charge is 0.142 e. The summed E-state index contributed by atoms with van der Waals surface area (Å²) in [6.07, 6.45) is 7.33. The van der Waals surface area contributed by atoms with Gasteiger partial charge in [0.15, 0.2) is 0 Å². The molecular formula is C22H19N5O2S. The number of nitrogens with zero attached hydrogens (tertiary/aromatic N) is 3. The third-order valence-corrected chi connectivity index (χ3v) is 5.83. The molecule has 1 aliphatic heterocycles. The van der Waals surface area contributed by atoms with Gasteiger partial charge >= 0.3 is 0 Å². The first-order valence-electron chi connectivity index (χ1n) is 9.30. The molecule has 3 aromatic heterocycles. The van der Waals surface area contributed by atoms with Crippen molar-refractivity contribution < 1.29 is 9.47 Å². The number of rotatable bonds is 4. The molecule has 0 unspecified atom stereocenters. The highest BCUT2D eigenvalue weighted by Crippen LogP contribution is 2.45. The van der Waals surface area contributed by atoms with Crippen LogP contribution in [0.25, 0.3) is 33.9 Å². The number of anilines is 2. The van der Waals surface area contributed by atoms with E-state index in [-0.39, 0.29) is 0 Å². The summed E-state index contributed by atoms with van der Waals surface area (Å²) < 4.78 is 11.3. The molecule has 5 rings (SSSR count). The lowest BCUT2D eigenvalue weighted by Gasteiger charge is -2.12. The summed E-state index contributed by atoms with van der Waals surface area (Å²) in [7, 11) is 3.33. The zero-order valence-corrected chi connectivity index (χ0v) is 17.5. The number of aromatic nitrogens is 4. The van der Waals surface area contributed by atoms with Crippen LogP contribution in [0.2, 0.25) is 0 Å². The average Bonchev–Trinajstić information content (AvgIpc) is 3.18. The number of imidazole rings is 1. The maximum absolute atomic E-state index is 5.67. The molecule has 0 atom stereocenters. The highest BCUT2D eigenvalue weighted by molar-refractivity contribution is 7.98. The summed E-state index contributed by atoms with van der Waals surface area (Å²) in [5, 5.41) is 3.37. The van der Waals surface area contributed by atoms with E-state index in [1.54, 1.807) is 44.6 Å². The number of fused-ring (bicyclic) bond motifs is 5. The Hall–Kier alpha value is -3.52. The van der Waals surface area contributed by atoms with Crippen molar-refractivity contribution in [2.45, 2.75) is 4.90 Å². The van der Waals surface area contributed by atoms with Gasteiger partial charge in [-0.1, -0.05) is 0 Å². The van der Waals surface area contributed by atoms with Crippen LogP contribution in [-0.4, -0.2) is 40.4 Å². The van der Waals surface area contributed by atoms with Crippen LogP contribution in [0.15, 0.2) is 53.8 Å². The molecule has 4 aromatic rings. The largest absolute Gasteiger partial charge is 0.496 e. The third kappa shape index (κ3) is 2.88. The Bertz CT molecular complexity index is 1190. The van der Waals surface area contributed by atoms with Crippen molar-refractivity contribution in [3.63, 3.8) is 0 Å². The minimum absolute atomic E-state index is 0.697. The molecule has 2 N–H and O–H groups in total. The van der Waals surface area contributed by atoms with Gasteiger partial charge in [-0.25, -0.2) is 9.97 Å². The van der Waals surface area contributed by atoms with Gasteiger partial charge in [0.05, 0.1) is 42.3 Å². The van der Waals surface area contributed by atoms with Gasteiger partial charge in [-0.3, -0.25) is 4.98 Å². The number of nitrogens with one attached hydrogen (secondary N) is 2. The van der Waals surface area contributed by atoms with Gasteiger partial charge in [0.25, 0.3) is 0 Å².